The van der Waals surface area contributed by atoms with Gasteiger partial charge in [0.15, 0.2) is 0 Å². The highest BCUT2D eigenvalue weighted by Gasteiger charge is 2.46. The van der Waals surface area contributed by atoms with Crippen LogP contribution in [0.2, 0.25) is 0 Å². The largest absolute Gasteiger partial charge is 0.507 e. The minimum Gasteiger partial charge on any atom is -0.507 e. The molecule has 1 atom stereocenters. The molecule has 0 aromatic heterocycles. The zero-order valence-corrected chi connectivity index (χ0v) is 19.9. The van der Waals surface area contributed by atoms with E-state index in [2.05, 4.69) is 11.8 Å². The number of amides is 1. The van der Waals surface area contributed by atoms with E-state index in [4.69, 9.17) is 9.47 Å². The van der Waals surface area contributed by atoms with Crippen molar-refractivity contribution in [3.05, 3.63) is 71.0 Å². The average molecular weight is 483 g/mol. The molecule has 0 radical (unpaired) electrons. The summed E-state index contributed by atoms with van der Waals surface area (Å²) in [5, 5.41) is 11.1. The fourth-order valence-electron chi connectivity index (χ4n) is 4.40. The van der Waals surface area contributed by atoms with Crippen LogP contribution < -0.4 is 4.74 Å². The van der Waals surface area contributed by atoms with Crippen molar-refractivity contribution in [2.45, 2.75) is 25.8 Å². The van der Waals surface area contributed by atoms with E-state index in [0.717, 1.165) is 25.9 Å². The predicted octanol–water partition coefficient (Wildman–Crippen LogP) is 3.76. The second kappa shape index (κ2) is 11.5. The van der Waals surface area contributed by atoms with E-state index in [9.17, 15) is 19.1 Å². The molecule has 2 aromatic rings. The Kier molecular flexibility index (Phi) is 8.15. The summed E-state index contributed by atoms with van der Waals surface area (Å²) in [4.78, 5) is 30.0. The number of likely N-dealkylation sites (tertiary alicyclic amines) is 1. The van der Waals surface area contributed by atoms with E-state index < -0.39 is 23.5 Å². The van der Waals surface area contributed by atoms with Crippen LogP contribution in [-0.2, 0) is 14.3 Å². The van der Waals surface area contributed by atoms with Crippen molar-refractivity contribution in [1.82, 2.24) is 9.80 Å². The molecule has 4 rings (SSSR count). The van der Waals surface area contributed by atoms with Gasteiger partial charge >= 0.3 is 0 Å². The quantitative estimate of drug-likeness (QED) is 0.254. The summed E-state index contributed by atoms with van der Waals surface area (Å²) in [6, 6.07) is 11.7. The van der Waals surface area contributed by atoms with Gasteiger partial charge in [-0.3, -0.25) is 14.5 Å². The van der Waals surface area contributed by atoms with Crippen molar-refractivity contribution in [1.29, 1.82) is 0 Å². The SMILES string of the molecule is CCCCOc1cccc(C2/C(=C(\O)c3ccc(F)cc3)C(=O)C(=O)N2CCN2CCOCC2)c1. The van der Waals surface area contributed by atoms with Gasteiger partial charge in [0.1, 0.15) is 17.3 Å². The summed E-state index contributed by atoms with van der Waals surface area (Å²) in [6.07, 6.45) is 1.91. The van der Waals surface area contributed by atoms with Crippen molar-refractivity contribution >= 4 is 17.4 Å². The van der Waals surface area contributed by atoms with Gasteiger partial charge < -0.3 is 19.5 Å². The molecule has 0 spiro atoms. The Hall–Kier alpha value is -3.23. The fourth-order valence-corrected chi connectivity index (χ4v) is 4.40. The van der Waals surface area contributed by atoms with Gasteiger partial charge in [-0.1, -0.05) is 25.5 Å². The third-order valence-electron chi connectivity index (χ3n) is 6.36. The van der Waals surface area contributed by atoms with Gasteiger partial charge in [-0.05, 0) is 48.4 Å². The lowest BCUT2D eigenvalue weighted by atomic mass is 9.95. The number of hydrogen-bond acceptors (Lipinski definition) is 6. The monoisotopic (exact) mass is 482 g/mol. The minimum atomic E-state index is -0.782. The van der Waals surface area contributed by atoms with Crippen LogP contribution in [0.4, 0.5) is 4.39 Å². The second-order valence-electron chi connectivity index (χ2n) is 8.73. The molecule has 0 saturated carbocycles. The molecule has 2 aliphatic rings. The molecule has 2 aliphatic heterocycles. The number of halogens is 1. The van der Waals surface area contributed by atoms with Crippen LogP contribution >= 0.6 is 0 Å². The van der Waals surface area contributed by atoms with Gasteiger partial charge in [0, 0.05) is 31.7 Å². The van der Waals surface area contributed by atoms with Crippen LogP contribution in [0.25, 0.3) is 5.76 Å². The maximum absolute atomic E-state index is 13.5. The number of hydrogen-bond donors (Lipinski definition) is 1. The molecule has 35 heavy (non-hydrogen) atoms. The number of nitrogens with zero attached hydrogens (tertiary/aromatic N) is 2. The number of Topliss-reactive ketones (excluding diaryl/α,β-unsaturated/α-hetero) is 1. The van der Waals surface area contributed by atoms with Crippen LogP contribution in [0, 0.1) is 5.82 Å². The van der Waals surface area contributed by atoms with Crippen LogP contribution in [0.5, 0.6) is 5.75 Å². The van der Waals surface area contributed by atoms with Gasteiger partial charge in [-0.2, -0.15) is 0 Å². The molecule has 2 fully saturated rings. The fraction of sp³-hybridized carbons (Fsp3) is 0.407. The topological polar surface area (TPSA) is 79.3 Å². The Balaban J connectivity index is 1.71. The first-order valence-electron chi connectivity index (χ1n) is 12.1. The molecule has 1 amide bonds. The number of carbonyl (C=O) groups is 2. The zero-order chi connectivity index (χ0) is 24.8. The first-order chi connectivity index (χ1) is 17.0. The summed E-state index contributed by atoms with van der Waals surface area (Å²) in [6.45, 7) is 6.31. The highest BCUT2D eigenvalue weighted by atomic mass is 19.1. The summed E-state index contributed by atoms with van der Waals surface area (Å²) < 4.78 is 24.7. The third kappa shape index (κ3) is 5.71. The Labute approximate surface area is 204 Å². The van der Waals surface area contributed by atoms with Crippen molar-refractivity contribution in [3.63, 3.8) is 0 Å². The zero-order valence-electron chi connectivity index (χ0n) is 19.9. The molecule has 1 N–H and O–H groups in total. The van der Waals surface area contributed by atoms with Crippen molar-refractivity contribution in [2.24, 2.45) is 0 Å². The van der Waals surface area contributed by atoms with E-state index >= 15 is 0 Å². The highest BCUT2D eigenvalue weighted by Crippen LogP contribution is 2.40. The number of ether oxygens (including phenoxy) is 2. The van der Waals surface area contributed by atoms with Crippen molar-refractivity contribution in [2.75, 3.05) is 46.0 Å². The summed E-state index contributed by atoms with van der Waals surface area (Å²) in [5.41, 5.74) is 0.941. The molecule has 2 heterocycles. The summed E-state index contributed by atoms with van der Waals surface area (Å²) in [7, 11) is 0. The van der Waals surface area contributed by atoms with Crippen LogP contribution in [0.3, 0.4) is 0 Å². The number of morpholine rings is 1. The minimum absolute atomic E-state index is 0.00528. The Morgan fingerprint density at radius 2 is 1.86 bits per heavy atom. The number of aliphatic hydroxyl groups is 1. The highest BCUT2D eigenvalue weighted by molar-refractivity contribution is 6.46. The normalized spacial score (nSPS) is 20.4. The molecule has 0 bridgehead atoms. The number of benzene rings is 2. The van der Waals surface area contributed by atoms with E-state index in [0.29, 0.717) is 44.2 Å². The van der Waals surface area contributed by atoms with Gasteiger partial charge in [0.2, 0.25) is 0 Å². The van der Waals surface area contributed by atoms with Crippen LogP contribution in [0.15, 0.2) is 54.1 Å². The summed E-state index contributed by atoms with van der Waals surface area (Å²) >= 11 is 0. The maximum Gasteiger partial charge on any atom is 0.295 e. The lowest BCUT2D eigenvalue weighted by molar-refractivity contribution is -0.140. The number of aliphatic hydroxyl groups excluding tert-OH is 1. The van der Waals surface area contributed by atoms with Crippen LogP contribution in [0.1, 0.15) is 36.9 Å². The first-order valence-corrected chi connectivity index (χ1v) is 12.1. The van der Waals surface area contributed by atoms with E-state index in [1.54, 1.807) is 0 Å². The maximum atomic E-state index is 13.5. The van der Waals surface area contributed by atoms with Crippen LogP contribution in [-0.4, -0.2) is 72.6 Å². The van der Waals surface area contributed by atoms with Gasteiger partial charge in [0.05, 0.1) is 31.4 Å². The number of ketones is 1. The average Bonchev–Trinajstić information content (AvgIpc) is 3.13. The molecular weight excluding hydrogens is 451 g/mol. The third-order valence-corrected chi connectivity index (χ3v) is 6.36. The molecule has 186 valence electrons. The Morgan fingerprint density at radius 1 is 1.11 bits per heavy atom. The number of unbranched alkanes of at least 4 members (excludes halogenated alkanes) is 1. The number of rotatable bonds is 9. The summed E-state index contributed by atoms with van der Waals surface area (Å²) in [5.74, 6) is -1.56. The molecule has 2 saturated heterocycles. The molecule has 1 unspecified atom stereocenters. The lowest BCUT2D eigenvalue weighted by Crippen LogP contribution is -2.42. The molecule has 8 heteroatoms. The Bertz CT molecular complexity index is 1080. The van der Waals surface area contributed by atoms with E-state index in [-0.39, 0.29) is 16.9 Å². The molecule has 7 nitrogen and oxygen atoms in total. The number of carbonyl (C=O) groups excluding carboxylic acids is 2. The van der Waals surface area contributed by atoms with E-state index in [1.165, 1.54) is 29.2 Å². The first kappa shape index (κ1) is 24.9. The molecule has 2 aromatic carbocycles. The van der Waals surface area contributed by atoms with Gasteiger partial charge in [0.25, 0.3) is 11.7 Å². The smallest absolute Gasteiger partial charge is 0.295 e. The standard InChI is InChI=1S/C27H31FN2O5/c1-2-3-15-35-22-6-4-5-20(18-22)24-23(25(31)19-7-9-21(28)10-8-19)26(32)27(33)30(24)12-11-29-13-16-34-17-14-29/h4-10,18,24,31H,2-3,11-17H2,1H3/b25-23+. The van der Waals surface area contributed by atoms with Crippen molar-refractivity contribution in [3.8, 4) is 5.75 Å². The van der Waals surface area contributed by atoms with Gasteiger partial charge in [-0.25, -0.2) is 4.39 Å². The molecule has 0 aliphatic carbocycles. The lowest BCUT2D eigenvalue weighted by Gasteiger charge is -2.31. The Morgan fingerprint density at radius 3 is 2.57 bits per heavy atom. The molecular formula is C27H31FN2O5. The predicted molar refractivity (Wildman–Crippen MR) is 130 cm³/mol. The van der Waals surface area contributed by atoms with E-state index in [1.807, 2.05) is 24.3 Å². The van der Waals surface area contributed by atoms with Gasteiger partial charge in [-0.15, -0.1) is 0 Å². The van der Waals surface area contributed by atoms with Crippen molar-refractivity contribution < 1.29 is 28.6 Å². The second-order valence-corrected chi connectivity index (χ2v) is 8.73.